The molecule has 3 aromatic rings. The maximum absolute atomic E-state index is 9.67. The molecule has 0 unspecified atom stereocenters. The summed E-state index contributed by atoms with van der Waals surface area (Å²) < 4.78 is 7.49. The molecule has 23 heavy (non-hydrogen) atoms. The smallest absolute Gasteiger partial charge is 0.120 e. The third-order valence-corrected chi connectivity index (χ3v) is 4.49. The molecule has 4 heteroatoms. The Morgan fingerprint density at radius 1 is 1.22 bits per heavy atom. The van der Waals surface area contributed by atoms with Gasteiger partial charge >= 0.3 is 0 Å². The number of hydrogen-bond acceptors (Lipinski definition) is 2. The van der Waals surface area contributed by atoms with E-state index in [0.29, 0.717) is 12.0 Å². The normalized spacial score (nSPS) is 10.7. The molecule has 1 aromatic heterocycles. The summed E-state index contributed by atoms with van der Waals surface area (Å²) in [4.78, 5) is 0. The molecule has 0 fully saturated rings. The number of rotatable bonds is 4. The lowest BCUT2D eigenvalue weighted by Crippen LogP contribution is -2.03. The molecule has 0 aliphatic heterocycles. The van der Waals surface area contributed by atoms with Crippen LogP contribution in [0.1, 0.15) is 23.7 Å². The Bertz CT molecular complexity index is 906. The van der Waals surface area contributed by atoms with Crippen molar-refractivity contribution in [2.75, 3.05) is 7.11 Å². The van der Waals surface area contributed by atoms with Crippen molar-refractivity contribution in [3.63, 3.8) is 0 Å². The highest BCUT2D eigenvalue weighted by molar-refractivity contribution is 6.31. The van der Waals surface area contributed by atoms with Crippen LogP contribution in [0.2, 0.25) is 5.02 Å². The molecular formula is C19H17ClN2O. The lowest BCUT2D eigenvalue weighted by Gasteiger charge is -2.10. The second kappa shape index (κ2) is 6.36. The summed E-state index contributed by atoms with van der Waals surface area (Å²) in [5, 5.41) is 11.4. The first-order valence-corrected chi connectivity index (χ1v) is 7.90. The van der Waals surface area contributed by atoms with Gasteiger partial charge in [-0.1, -0.05) is 29.8 Å². The number of ether oxygens (including phenoxy) is 1. The molecule has 2 aromatic carbocycles. The number of hydrogen-bond donors (Lipinski definition) is 0. The SMILES string of the molecule is CCn1c(Cc2ccccc2Cl)c(C#N)c2ccc(OC)cc21. The fourth-order valence-electron chi connectivity index (χ4n) is 3.00. The van der Waals surface area contributed by atoms with E-state index in [4.69, 9.17) is 16.3 Å². The van der Waals surface area contributed by atoms with Crippen LogP contribution in [-0.2, 0) is 13.0 Å². The van der Waals surface area contributed by atoms with Crippen LogP contribution in [0.4, 0.5) is 0 Å². The molecule has 0 N–H and O–H groups in total. The van der Waals surface area contributed by atoms with E-state index in [-0.39, 0.29) is 0 Å². The summed E-state index contributed by atoms with van der Waals surface area (Å²) in [7, 11) is 1.65. The van der Waals surface area contributed by atoms with E-state index < -0.39 is 0 Å². The number of halogens is 1. The van der Waals surface area contributed by atoms with E-state index in [9.17, 15) is 5.26 Å². The fourth-order valence-corrected chi connectivity index (χ4v) is 3.20. The molecular weight excluding hydrogens is 308 g/mol. The van der Waals surface area contributed by atoms with Gasteiger partial charge in [0, 0.05) is 35.1 Å². The van der Waals surface area contributed by atoms with Crippen molar-refractivity contribution in [1.82, 2.24) is 4.57 Å². The highest BCUT2D eigenvalue weighted by Crippen LogP contribution is 2.31. The number of fused-ring (bicyclic) bond motifs is 1. The zero-order valence-corrected chi connectivity index (χ0v) is 13.9. The molecule has 0 saturated heterocycles. The molecule has 1 heterocycles. The molecule has 0 aliphatic rings. The molecule has 0 radical (unpaired) electrons. The van der Waals surface area contributed by atoms with Gasteiger partial charge in [0.15, 0.2) is 0 Å². The van der Waals surface area contributed by atoms with Gasteiger partial charge in [-0.05, 0) is 30.7 Å². The van der Waals surface area contributed by atoms with E-state index in [0.717, 1.165) is 39.5 Å². The maximum atomic E-state index is 9.67. The van der Waals surface area contributed by atoms with Crippen molar-refractivity contribution in [1.29, 1.82) is 5.26 Å². The van der Waals surface area contributed by atoms with Crippen molar-refractivity contribution >= 4 is 22.5 Å². The number of aromatic nitrogens is 1. The number of aryl methyl sites for hydroxylation is 1. The van der Waals surface area contributed by atoms with E-state index in [1.165, 1.54) is 0 Å². The predicted octanol–water partition coefficient (Wildman–Crippen LogP) is 4.79. The summed E-state index contributed by atoms with van der Waals surface area (Å²) >= 11 is 6.30. The first-order chi connectivity index (χ1) is 11.2. The van der Waals surface area contributed by atoms with E-state index in [2.05, 4.69) is 17.6 Å². The van der Waals surface area contributed by atoms with Crippen LogP contribution in [0.5, 0.6) is 5.75 Å². The Labute approximate surface area is 140 Å². The van der Waals surface area contributed by atoms with Gasteiger partial charge in [0.1, 0.15) is 11.8 Å². The van der Waals surface area contributed by atoms with Crippen LogP contribution in [0.3, 0.4) is 0 Å². The summed E-state index contributed by atoms with van der Waals surface area (Å²) in [5.41, 5.74) is 3.75. The second-order valence-corrected chi connectivity index (χ2v) is 5.74. The third-order valence-electron chi connectivity index (χ3n) is 4.12. The number of methoxy groups -OCH3 is 1. The minimum absolute atomic E-state index is 0.632. The summed E-state index contributed by atoms with van der Waals surface area (Å²) in [5.74, 6) is 0.790. The Morgan fingerprint density at radius 3 is 2.65 bits per heavy atom. The number of nitriles is 1. The second-order valence-electron chi connectivity index (χ2n) is 5.33. The third kappa shape index (κ3) is 2.67. The van der Waals surface area contributed by atoms with Gasteiger partial charge in [0.2, 0.25) is 0 Å². The standard InChI is InChI=1S/C19H17ClN2O/c1-3-22-18(10-13-6-4-5-7-17(13)20)16(12-21)15-9-8-14(23-2)11-19(15)22/h4-9,11H,3,10H2,1-2H3. The molecule has 0 aliphatic carbocycles. The van der Waals surface area contributed by atoms with Gasteiger partial charge in [-0.3, -0.25) is 0 Å². The molecule has 0 saturated carbocycles. The minimum Gasteiger partial charge on any atom is -0.497 e. The van der Waals surface area contributed by atoms with E-state index in [1.807, 2.05) is 42.5 Å². The quantitative estimate of drug-likeness (QED) is 0.692. The zero-order valence-electron chi connectivity index (χ0n) is 13.1. The molecule has 0 atom stereocenters. The Hall–Kier alpha value is -2.44. The Kier molecular flexibility index (Phi) is 4.27. The molecule has 3 nitrogen and oxygen atoms in total. The maximum Gasteiger partial charge on any atom is 0.120 e. The topological polar surface area (TPSA) is 38.0 Å². The van der Waals surface area contributed by atoms with Crippen LogP contribution in [0.25, 0.3) is 10.9 Å². The van der Waals surface area contributed by atoms with Crippen LogP contribution >= 0.6 is 11.6 Å². The van der Waals surface area contributed by atoms with E-state index in [1.54, 1.807) is 7.11 Å². The predicted molar refractivity (Wildman–Crippen MR) is 93.1 cm³/mol. The van der Waals surface area contributed by atoms with Crippen molar-refractivity contribution in [2.45, 2.75) is 19.9 Å². The highest BCUT2D eigenvalue weighted by Gasteiger charge is 2.18. The van der Waals surface area contributed by atoms with Gasteiger partial charge in [0.05, 0.1) is 18.2 Å². The molecule has 0 bridgehead atoms. The lowest BCUT2D eigenvalue weighted by atomic mass is 10.1. The van der Waals surface area contributed by atoms with E-state index >= 15 is 0 Å². The Morgan fingerprint density at radius 2 is 2.00 bits per heavy atom. The Balaban J connectivity index is 2.23. The minimum atomic E-state index is 0.632. The fraction of sp³-hybridized carbons (Fsp3) is 0.211. The van der Waals surface area contributed by atoms with Crippen molar-refractivity contribution in [3.8, 4) is 11.8 Å². The van der Waals surface area contributed by atoms with Crippen molar-refractivity contribution in [3.05, 3.63) is 64.3 Å². The van der Waals surface area contributed by atoms with Gasteiger partial charge in [0.25, 0.3) is 0 Å². The summed E-state index contributed by atoms with van der Waals surface area (Å²) in [6, 6.07) is 16.0. The van der Waals surface area contributed by atoms with Crippen LogP contribution in [0.15, 0.2) is 42.5 Å². The van der Waals surface area contributed by atoms with Gasteiger partial charge in [-0.15, -0.1) is 0 Å². The van der Waals surface area contributed by atoms with Crippen molar-refractivity contribution < 1.29 is 4.74 Å². The zero-order chi connectivity index (χ0) is 16.4. The monoisotopic (exact) mass is 324 g/mol. The lowest BCUT2D eigenvalue weighted by molar-refractivity contribution is 0.415. The van der Waals surface area contributed by atoms with Gasteiger partial charge in [-0.2, -0.15) is 5.26 Å². The van der Waals surface area contributed by atoms with Crippen LogP contribution < -0.4 is 4.74 Å². The summed E-state index contributed by atoms with van der Waals surface area (Å²) in [6.07, 6.45) is 0.632. The largest absolute Gasteiger partial charge is 0.497 e. The van der Waals surface area contributed by atoms with Gasteiger partial charge < -0.3 is 9.30 Å². The molecule has 0 spiro atoms. The highest BCUT2D eigenvalue weighted by atomic mass is 35.5. The molecule has 116 valence electrons. The van der Waals surface area contributed by atoms with Crippen molar-refractivity contribution in [2.24, 2.45) is 0 Å². The summed E-state index contributed by atoms with van der Waals surface area (Å²) in [6.45, 7) is 2.86. The first-order valence-electron chi connectivity index (χ1n) is 7.52. The number of benzene rings is 2. The van der Waals surface area contributed by atoms with Gasteiger partial charge in [-0.25, -0.2) is 0 Å². The average molecular weight is 325 g/mol. The first kappa shape index (κ1) is 15.5. The molecule has 0 amide bonds. The average Bonchev–Trinajstić information content (AvgIpc) is 2.88. The van der Waals surface area contributed by atoms with Crippen LogP contribution in [-0.4, -0.2) is 11.7 Å². The number of nitrogens with zero attached hydrogens (tertiary/aromatic N) is 2. The van der Waals surface area contributed by atoms with Crippen LogP contribution in [0, 0.1) is 11.3 Å². The molecule has 3 rings (SSSR count).